The largest absolute Gasteiger partial charge is 0.384 e. The molecule has 2 N–H and O–H groups in total. The van der Waals surface area contributed by atoms with Crippen LogP contribution in [0.3, 0.4) is 0 Å². The molecule has 158 valence electrons. The third-order valence-corrected chi connectivity index (χ3v) is 7.13. The molecule has 1 atom stereocenters. The highest BCUT2D eigenvalue weighted by molar-refractivity contribution is 7.12. The van der Waals surface area contributed by atoms with Gasteiger partial charge in [-0.3, -0.25) is 19.8 Å². The number of nitrogens with zero attached hydrogens (tertiary/aromatic N) is 3. The molecule has 0 unspecified atom stereocenters. The maximum Gasteiger partial charge on any atom is 0.294 e. The Kier molecular flexibility index (Phi) is 5.56. The SMILES string of the molecule is CCc1ccc([C@H]2C(C#N)=C(N)N(c3ccc(Cl)cc3[N+](=O)[O-])C3=C2C(=O)CCC3)s1. The zero-order valence-electron chi connectivity index (χ0n) is 16.7. The molecule has 4 rings (SSSR count). The third kappa shape index (κ3) is 3.50. The van der Waals surface area contributed by atoms with Gasteiger partial charge in [0.2, 0.25) is 0 Å². The highest BCUT2D eigenvalue weighted by Gasteiger charge is 2.42. The molecular formula is C22H19ClN4O3S. The first kappa shape index (κ1) is 21.1. The van der Waals surface area contributed by atoms with E-state index in [1.165, 1.54) is 23.1 Å². The number of nitro benzene ring substituents is 1. The van der Waals surface area contributed by atoms with Gasteiger partial charge in [-0.15, -0.1) is 11.3 Å². The number of Topliss-reactive ketones (excluding diaryl/α,β-unsaturated/α-hetero) is 1. The van der Waals surface area contributed by atoms with Crippen molar-refractivity contribution < 1.29 is 9.72 Å². The number of nitrogens with two attached hydrogens (primary N) is 1. The lowest BCUT2D eigenvalue weighted by Gasteiger charge is -2.39. The maximum atomic E-state index is 13.1. The van der Waals surface area contributed by atoms with Gasteiger partial charge in [0.05, 0.1) is 22.5 Å². The van der Waals surface area contributed by atoms with Crippen LogP contribution in [0.5, 0.6) is 0 Å². The van der Waals surface area contributed by atoms with Crippen LogP contribution in [-0.4, -0.2) is 10.7 Å². The molecule has 2 aromatic rings. The van der Waals surface area contributed by atoms with Crippen molar-refractivity contribution in [1.82, 2.24) is 0 Å². The summed E-state index contributed by atoms with van der Waals surface area (Å²) in [6.07, 6.45) is 2.36. The molecule has 9 heteroatoms. The fraction of sp³-hybridized carbons (Fsp3) is 0.273. The van der Waals surface area contributed by atoms with Gasteiger partial charge in [0, 0.05) is 38.5 Å². The van der Waals surface area contributed by atoms with Gasteiger partial charge in [0.1, 0.15) is 11.5 Å². The Balaban J connectivity index is 1.99. The van der Waals surface area contributed by atoms with Crippen LogP contribution in [0, 0.1) is 21.4 Å². The first-order chi connectivity index (χ1) is 14.9. The van der Waals surface area contributed by atoms with Gasteiger partial charge in [0.25, 0.3) is 5.69 Å². The quantitative estimate of drug-likeness (QED) is 0.503. The van der Waals surface area contributed by atoms with E-state index in [0.717, 1.165) is 16.2 Å². The number of hydrogen-bond donors (Lipinski definition) is 1. The number of ketones is 1. The second-order valence-electron chi connectivity index (χ2n) is 7.36. The van der Waals surface area contributed by atoms with Crippen molar-refractivity contribution in [3.8, 4) is 6.07 Å². The Morgan fingerprint density at radius 2 is 2.13 bits per heavy atom. The fourth-order valence-corrected chi connectivity index (χ4v) is 5.46. The predicted octanol–water partition coefficient (Wildman–Crippen LogP) is 5.18. The Morgan fingerprint density at radius 3 is 2.77 bits per heavy atom. The van der Waals surface area contributed by atoms with Gasteiger partial charge < -0.3 is 5.73 Å². The summed E-state index contributed by atoms with van der Waals surface area (Å²) in [6, 6.07) is 10.4. The lowest BCUT2D eigenvalue weighted by atomic mass is 9.78. The van der Waals surface area contributed by atoms with E-state index in [9.17, 15) is 20.2 Å². The summed E-state index contributed by atoms with van der Waals surface area (Å²) < 4.78 is 0. The number of aryl methyl sites for hydroxylation is 1. The van der Waals surface area contributed by atoms with Crippen LogP contribution in [-0.2, 0) is 11.2 Å². The summed E-state index contributed by atoms with van der Waals surface area (Å²) >= 11 is 7.54. The molecule has 1 aromatic heterocycles. The zero-order chi connectivity index (χ0) is 22.3. The number of benzene rings is 1. The maximum absolute atomic E-state index is 13.1. The molecule has 1 aliphatic heterocycles. The van der Waals surface area contributed by atoms with E-state index in [1.807, 2.05) is 19.1 Å². The third-order valence-electron chi connectivity index (χ3n) is 5.60. The molecule has 0 saturated heterocycles. The number of nitriles is 1. The number of nitro groups is 1. The van der Waals surface area contributed by atoms with Gasteiger partial charge >= 0.3 is 0 Å². The molecule has 0 bridgehead atoms. The average Bonchev–Trinajstić information content (AvgIpc) is 3.22. The molecule has 7 nitrogen and oxygen atoms in total. The Labute approximate surface area is 188 Å². The van der Waals surface area contributed by atoms with Crippen molar-refractivity contribution in [2.75, 3.05) is 4.90 Å². The van der Waals surface area contributed by atoms with Crippen molar-refractivity contribution in [1.29, 1.82) is 5.26 Å². The van der Waals surface area contributed by atoms with Crippen molar-refractivity contribution in [2.24, 2.45) is 5.73 Å². The predicted molar refractivity (Wildman–Crippen MR) is 120 cm³/mol. The molecular weight excluding hydrogens is 436 g/mol. The van der Waals surface area contributed by atoms with Crippen LogP contribution in [0.2, 0.25) is 5.02 Å². The van der Waals surface area contributed by atoms with Crippen LogP contribution in [0.25, 0.3) is 0 Å². The second-order valence-corrected chi connectivity index (χ2v) is 9.00. The number of hydrogen-bond acceptors (Lipinski definition) is 7. The Hall–Kier alpha value is -3.15. The van der Waals surface area contributed by atoms with Crippen LogP contribution in [0.15, 0.2) is 53.0 Å². The first-order valence-electron chi connectivity index (χ1n) is 9.86. The molecule has 1 aromatic carbocycles. The van der Waals surface area contributed by atoms with Crippen LogP contribution >= 0.6 is 22.9 Å². The van der Waals surface area contributed by atoms with Crippen molar-refractivity contribution in [2.45, 2.75) is 38.5 Å². The van der Waals surface area contributed by atoms with Gasteiger partial charge in [-0.2, -0.15) is 5.26 Å². The van der Waals surface area contributed by atoms with E-state index < -0.39 is 10.8 Å². The van der Waals surface area contributed by atoms with Gasteiger partial charge in [0.15, 0.2) is 5.78 Å². The van der Waals surface area contributed by atoms with Gasteiger partial charge in [-0.25, -0.2) is 0 Å². The smallest absolute Gasteiger partial charge is 0.294 e. The summed E-state index contributed by atoms with van der Waals surface area (Å²) in [5.74, 6) is -0.502. The van der Waals surface area contributed by atoms with Crippen LogP contribution in [0.1, 0.15) is 41.9 Å². The van der Waals surface area contributed by atoms with Gasteiger partial charge in [-0.1, -0.05) is 18.5 Å². The molecule has 0 spiro atoms. The van der Waals surface area contributed by atoms with E-state index in [-0.39, 0.29) is 33.6 Å². The van der Waals surface area contributed by atoms with Crippen molar-refractivity contribution >= 4 is 40.1 Å². The Morgan fingerprint density at radius 1 is 1.35 bits per heavy atom. The molecule has 0 fully saturated rings. The summed E-state index contributed by atoms with van der Waals surface area (Å²) in [7, 11) is 0. The molecule has 0 radical (unpaired) electrons. The lowest BCUT2D eigenvalue weighted by molar-refractivity contribution is -0.384. The summed E-state index contributed by atoms with van der Waals surface area (Å²) in [4.78, 5) is 27.8. The van der Waals surface area contributed by atoms with E-state index in [4.69, 9.17) is 17.3 Å². The van der Waals surface area contributed by atoms with E-state index in [0.29, 0.717) is 30.5 Å². The fourth-order valence-electron chi connectivity index (χ4n) is 4.22. The minimum Gasteiger partial charge on any atom is -0.384 e. The van der Waals surface area contributed by atoms with E-state index in [1.54, 1.807) is 11.3 Å². The molecule has 1 aliphatic carbocycles. The average molecular weight is 455 g/mol. The first-order valence-corrected chi connectivity index (χ1v) is 11.1. The lowest BCUT2D eigenvalue weighted by Crippen LogP contribution is -2.38. The molecule has 0 saturated carbocycles. The number of thiophene rings is 1. The number of rotatable bonds is 4. The summed E-state index contributed by atoms with van der Waals surface area (Å²) in [5.41, 5.74) is 7.79. The number of carbonyl (C=O) groups excluding carboxylic acids is 1. The minimum absolute atomic E-state index is 0.0560. The van der Waals surface area contributed by atoms with Crippen LogP contribution in [0.4, 0.5) is 11.4 Å². The molecule has 2 heterocycles. The minimum atomic E-state index is -0.555. The van der Waals surface area contributed by atoms with Crippen LogP contribution < -0.4 is 10.6 Å². The Bertz CT molecular complexity index is 1210. The van der Waals surface area contributed by atoms with Crippen molar-refractivity contribution in [3.63, 3.8) is 0 Å². The van der Waals surface area contributed by atoms with Crippen molar-refractivity contribution in [3.05, 3.63) is 77.9 Å². The van der Waals surface area contributed by atoms with Gasteiger partial charge in [-0.05, 0) is 43.5 Å². The highest BCUT2D eigenvalue weighted by Crippen LogP contribution is 2.49. The highest BCUT2D eigenvalue weighted by atomic mass is 35.5. The number of allylic oxidation sites excluding steroid dienone is 3. The summed E-state index contributed by atoms with van der Waals surface area (Å²) in [6.45, 7) is 2.05. The monoisotopic (exact) mass is 454 g/mol. The second kappa shape index (κ2) is 8.17. The topological polar surface area (TPSA) is 113 Å². The number of halogens is 1. The molecule has 31 heavy (non-hydrogen) atoms. The number of anilines is 1. The molecule has 2 aliphatic rings. The van der Waals surface area contributed by atoms with E-state index >= 15 is 0 Å². The normalized spacial score (nSPS) is 18.8. The zero-order valence-corrected chi connectivity index (χ0v) is 18.3. The standard InChI is InChI=1S/C22H19ClN4O3S/c1-2-13-7-9-19(31-13)20-14(11-24)22(25)26(16-4-3-5-18(28)21(16)20)15-8-6-12(23)10-17(15)27(29)30/h6-10,20H,2-5,25H2,1H3/t20-/m1/s1. The summed E-state index contributed by atoms with van der Waals surface area (Å²) in [5, 5.41) is 22.0. The number of carbonyl (C=O) groups is 1. The molecule has 0 amide bonds. The van der Waals surface area contributed by atoms with E-state index in [2.05, 4.69) is 6.07 Å².